The molecule has 7 heteroatoms. The molecule has 0 amide bonds. The molecule has 2 rings (SSSR count). The zero-order valence-corrected chi connectivity index (χ0v) is 18.6. The van der Waals surface area contributed by atoms with Crippen LogP contribution in [0.5, 0.6) is 0 Å². The summed E-state index contributed by atoms with van der Waals surface area (Å²) in [6.07, 6.45) is 14.4. The van der Waals surface area contributed by atoms with Crippen LogP contribution in [-0.4, -0.2) is 35.4 Å². The number of hydrogen-bond donors (Lipinski definition) is 2. The van der Waals surface area contributed by atoms with Crippen LogP contribution in [0.4, 0.5) is 0 Å². The highest BCUT2D eigenvalue weighted by Gasteiger charge is 2.23. The second-order valence-electron chi connectivity index (χ2n) is 8.57. The summed E-state index contributed by atoms with van der Waals surface area (Å²) in [4.78, 5) is 23.9. The van der Waals surface area contributed by atoms with Crippen molar-refractivity contribution in [2.45, 2.75) is 89.9 Å². The van der Waals surface area contributed by atoms with Crippen LogP contribution in [0.25, 0.3) is 0 Å². The van der Waals surface area contributed by atoms with E-state index in [1.807, 2.05) is 0 Å². The van der Waals surface area contributed by atoms with Crippen LogP contribution in [0, 0.1) is 11.8 Å². The van der Waals surface area contributed by atoms with E-state index >= 15 is 0 Å². The van der Waals surface area contributed by atoms with Gasteiger partial charge < -0.3 is 24.4 Å². The lowest BCUT2D eigenvalue weighted by atomic mass is 9.89. The number of aliphatic hydroxyl groups is 2. The first-order chi connectivity index (χ1) is 15.1. The van der Waals surface area contributed by atoms with E-state index in [1.54, 1.807) is 0 Å². The number of aliphatic hydroxyl groups excluding tert-OH is 2. The average molecular weight is 439 g/mol. The van der Waals surface area contributed by atoms with Gasteiger partial charge in [-0.1, -0.05) is 38.5 Å². The van der Waals surface area contributed by atoms with Crippen molar-refractivity contribution in [3.05, 3.63) is 24.0 Å². The summed E-state index contributed by atoms with van der Waals surface area (Å²) in [6, 6.07) is 0. The zero-order valence-electron chi connectivity index (χ0n) is 18.6. The van der Waals surface area contributed by atoms with Gasteiger partial charge in [-0.25, -0.2) is 0 Å². The van der Waals surface area contributed by atoms with Crippen molar-refractivity contribution >= 4 is 11.9 Å². The predicted molar refractivity (Wildman–Crippen MR) is 116 cm³/mol. The molecule has 2 saturated carbocycles. The maximum atomic E-state index is 11.9. The minimum atomic E-state index is -0.128. The number of carbonyl (C=O) groups excluding carboxylic acids is 2. The van der Waals surface area contributed by atoms with Crippen LogP contribution in [-0.2, 0) is 23.8 Å². The normalized spacial score (nSPS) is 19.1. The van der Waals surface area contributed by atoms with E-state index in [-0.39, 0.29) is 48.5 Å². The van der Waals surface area contributed by atoms with E-state index in [9.17, 15) is 19.8 Å². The minimum absolute atomic E-state index is 0.0131. The van der Waals surface area contributed by atoms with Gasteiger partial charge in [-0.15, -0.1) is 0 Å². The maximum absolute atomic E-state index is 11.9. The second-order valence-corrected chi connectivity index (χ2v) is 8.57. The Morgan fingerprint density at radius 3 is 1.45 bits per heavy atom. The predicted octanol–water partition coefficient (Wildman–Crippen LogP) is 5.61. The molecule has 31 heavy (non-hydrogen) atoms. The van der Waals surface area contributed by atoms with Gasteiger partial charge in [-0.05, 0) is 38.5 Å². The van der Waals surface area contributed by atoms with Crippen molar-refractivity contribution in [3.8, 4) is 0 Å². The summed E-state index contributed by atoms with van der Waals surface area (Å²) in [5.41, 5.74) is 0. The third-order valence-electron chi connectivity index (χ3n) is 5.93. The molecule has 2 aliphatic carbocycles. The Bertz CT molecular complexity index is 547. The van der Waals surface area contributed by atoms with E-state index < -0.39 is 0 Å². The fraction of sp³-hybridized carbons (Fsp3) is 0.750. The maximum Gasteiger partial charge on any atom is 0.308 e. The van der Waals surface area contributed by atoms with Crippen molar-refractivity contribution in [1.82, 2.24) is 0 Å². The molecule has 0 aromatic heterocycles. The standard InChI is InChI=1S/C24H38O7/c25-21(13-7-15-30-23(27)19-9-3-1-4-10-19)17-29-18-22(26)14-8-16-31-24(28)20-11-5-2-6-12-20/h17-20,25-26H,1-16H2. The lowest BCUT2D eigenvalue weighted by molar-refractivity contribution is -0.150. The molecule has 2 N–H and O–H groups in total. The monoisotopic (exact) mass is 438 g/mol. The van der Waals surface area contributed by atoms with Gasteiger partial charge in [0.25, 0.3) is 0 Å². The molecule has 0 saturated heterocycles. The topological polar surface area (TPSA) is 102 Å². The largest absolute Gasteiger partial charge is 0.509 e. The van der Waals surface area contributed by atoms with E-state index in [0.717, 1.165) is 63.9 Å². The number of allylic oxidation sites excluding steroid dienone is 2. The number of carbonyl (C=O) groups is 2. The molecule has 0 aromatic rings. The fourth-order valence-electron chi connectivity index (χ4n) is 4.07. The average Bonchev–Trinajstić information content (AvgIpc) is 2.80. The number of ether oxygens (including phenoxy) is 3. The molecule has 0 spiro atoms. The molecule has 0 bridgehead atoms. The highest BCUT2D eigenvalue weighted by Crippen LogP contribution is 2.25. The molecule has 0 unspecified atom stereocenters. The molecular weight excluding hydrogens is 400 g/mol. The van der Waals surface area contributed by atoms with Crippen molar-refractivity contribution < 1.29 is 34.0 Å². The Hall–Kier alpha value is -2.18. The van der Waals surface area contributed by atoms with Crippen LogP contribution < -0.4 is 0 Å². The van der Waals surface area contributed by atoms with Crippen LogP contribution in [0.2, 0.25) is 0 Å². The highest BCUT2D eigenvalue weighted by atomic mass is 16.5. The van der Waals surface area contributed by atoms with Crippen molar-refractivity contribution in [1.29, 1.82) is 0 Å². The van der Waals surface area contributed by atoms with Crippen molar-refractivity contribution in [3.63, 3.8) is 0 Å². The first-order valence-corrected chi connectivity index (χ1v) is 11.8. The summed E-state index contributed by atoms with van der Waals surface area (Å²) in [6.45, 7) is 0.543. The molecule has 7 nitrogen and oxygen atoms in total. The quantitative estimate of drug-likeness (QED) is 0.232. The molecule has 0 aliphatic heterocycles. The molecule has 2 aliphatic rings. The van der Waals surface area contributed by atoms with Gasteiger partial charge in [0.15, 0.2) is 0 Å². The van der Waals surface area contributed by atoms with Crippen LogP contribution in [0.15, 0.2) is 24.0 Å². The van der Waals surface area contributed by atoms with Crippen LogP contribution in [0.3, 0.4) is 0 Å². The Labute approximate surface area is 185 Å². The molecule has 176 valence electrons. The summed E-state index contributed by atoms with van der Waals surface area (Å²) in [5, 5.41) is 19.6. The van der Waals surface area contributed by atoms with Gasteiger partial charge >= 0.3 is 11.9 Å². The Morgan fingerprint density at radius 2 is 1.06 bits per heavy atom. The van der Waals surface area contributed by atoms with Gasteiger partial charge in [0.05, 0.1) is 25.0 Å². The number of esters is 2. The Kier molecular flexibility index (Phi) is 11.9. The van der Waals surface area contributed by atoms with E-state index in [4.69, 9.17) is 14.2 Å². The third-order valence-corrected chi connectivity index (χ3v) is 5.93. The lowest BCUT2D eigenvalue weighted by Crippen LogP contribution is -2.20. The lowest BCUT2D eigenvalue weighted by Gasteiger charge is -2.19. The second kappa shape index (κ2) is 14.8. The fourth-order valence-corrected chi connectivity index (χ4v) is 4.07. The van der Waals surface area contributed by atoms with Gasteiger partial charge in [0.1, 0.15) is 24.0 Å². The molecule has 0 heterocycles. The Balaban J connectivity index is 1.50. The van der Waals surface area contributed by atoms with Crippen molar-refractivity contribution in [2.75, 3.05) is 13.2 Å². The molecule has 0 atom stereocenters. The number of hydrogen-bond acceptors (Lipinski definition) is 7. The SMILES string of the molecule is O=C(OCCCC(O)=COC=C(O)CCCOC(=O)C1CCCCC1)C1CCCCC1. The van der Waals surface area contributed by atoms with Gasteiger partial charge in [0.2, 0.25) is 0 Å². The summed E-state index contributed by atoms with van der Waals surface area (Å²) < 4.78 is 15.6. The van der Waals surface area contributed by atoms with Gasteiger partial charge in [0, 0.05) is 12.8 Å². The van der Waals surface area contributed by atoms with Crippen molar-refractivity contribution in [2.24, 2.45) is 11.8 Å². The van der Waals surface area contributed by atoms with Gasteiger partial charge in [-0.3, -0.25) is 9.59 Å². The highest BCUT2D eigenvalue weighted by molar-refractivity contribution is 5.72. The van der Waals surface area contributed by atoms with Crippen LogP contribution >= 0.6 is 0 Å². The van der Waals surface area contributed by atoms with E-state index in [1.165, 1.54) is 12.8 Å². The number of rotatable bonds is 12. The minimum Gasteiger partial charge on any atom is -0.509 e. The van der Waals surface area contributed by atoms with Gasteiger partial charge in [-0.2, -0.15) is 0 Å². The molecule has 0 radical (unpaired) electrons. The third kappa shape index (κ3) is 10.6. The van der Waals surface area contributed by atoms with E-state index in [2.05, 4.69) is 0 Å². The summed E-state index contributed by atoms with van der Waals surface area (Å²) in [7, 11) is 0. The molecule has 2 fully saturated rings. The van der Waals surface area contributed by atoms with E-state index in [0.29, 0.717) is 25.7 Å². The molecule has 0 aromatic carbocycles. The summed E-state index contributed by atoms with van der Waals surface area (Å²) >= 11 is 0. The first-order valence-electron chi connectivity index (χ1n) is 11.8. The zero-order chi connectivity index (χ0) is 22.3. The van der Waals surface area contributed by atoms with Crippen LogP contribution in [0.1, 0.15) is 89.9 Å². The first kappa shape index (κ1) is 25.1. The smallest absolute Gasteiger partial charge is 0.308 e. The summed E-state index contributed by atoms with van der Waals surface area (Å²) in [5.74, 6) is -0.165. The Morgan fingerprint density at radius 1 is 0.677 bits per heavy atom. The molecular formula is C24H38O7.